The Labute approximate surface area is 82.6 Å². The molecule has 1 amide bonds. The zero-order valence-electron chi connectivity index (χ0n) is 8.29. The lowest BCUT2D eigenvalue weighted by atomic mass is 10.2. The Bertz CT molecular complexity index is 315. The number of rotatable bonds is 3. The zero-order valence-corrected chi connectivity index (χ0v) is 8.29. The first-order valence-electron chi connectivity index (χ1n) is 4.49. The third-order valence-electron chi connectivity index (χ3n) is 1.76. The van der Waals surface area contributed by atoms with Gasteiger partial charge in [0.25, 0.3) is 0 Å². The molecule has 4 heteroatoms. The van der Waals surface area contributed by atoms with E-state index in [1.54, 1.807) is 13.0 Å². The normalized spacial score (nSPS) is 14.4. The van der Waals surface area contributed by atoms with Crippen molar-refractivity contribution in [1.82, 2.24) is 5.32 Å². The summed E-state index contributed by atoms with van der Waals surface area (Å²) in [5.41, 5.74) is 1.07. The fourth-order valence-corrected chi connectivity index (χ4v) is 1.22. The van der Waals surface area contributed by atoms with E-state index >= 15 is 0 Å². The van der Waals surface area contributed by atoms with Crippen molar-refractivity contribution in [1.29, 1.82) is 0 Å². The second-order valence-corrected chi connectivity index (χ2v) is 2.90. The van der Waals surface area contributed by atoms with Crippen LogP contribution in [0.4, 0.5) is 0 Å². The topological polar surface area (TPSA) is 55.4 Å². The van der Waals surface area contributed by atoms with Crippen molar-refractivity contribution >= 4 is 11.9 Å². The first-order valence-corrected chi connectivity index (χ1v) is 4.49. The van der Waals surface area contributed by atoms with E-state index in [9.17, 15) is 9.59 Å². The molecule has 14 heavy (non-hydrogen) atoms. The molecule has 4 nitrogen and oxygen atoms in total. The summed E-state index contributed by atoms with van der Waals surface area (Å²) in [5.74, 6) is -0.547. The van der Waals surface area contributed by atoms with E-state index in [0.717, 1.165) is 0 Å². The van der Waals surface area contributed by atoms with E-state index in [4.69, 9.17) is 4.74 Å². The summed E-state index contributed by atoms with van der Waals surface area (Å²) in [6, 6.07) is 0. The monoisotopic (exact) mass is 195 g/mol. The summed E-state index contributed by atoms with van der Waals surface area (Å²) in [5, 5.41) is 2.58. The molecule has 1 aliphatic carbocycles. The van der Waals surface area contributed by atoms with Crippen LogP contribution in [0.15, 0.2) is 23.4 Å². The van der Waals surface area contributed by atoms with Crippen LogP contribution in [-0.4, -0.2) is 18.5 Å². The van der Waals surface area contributed by atoms with Gasteiger partial charge in [-0.05, 0) is 19.4 Å². The molecule has 0 unspecified atom stereocenters. The van der Waals surface area contributed by atoms with Gasteiger partial charge in [-0.2, -0.15) is 0 Å². The number of hydrogen-bond acceptors (Lipinski definition) is 3. The van der Waals surface area contributed by atoms with Gasteiger partial charge in [0.2, 0.25) is 5.91 Å². The highest BCUT2D eigenvalue weighted by molar-refractivity contribution is 5.92. The number of allylic oxidation sites excluding steroid dienone is 2. The Kier molecular flexibility index (Phi) is 3.45. The summed E-state index contributed by atoms with van der Waals surface area (Å²) < 4.78 is 4.85. The SMILES string of the molecule is CCOC(=O)C1=C(NC(C)=O)C=CC1. The van der Waals surface area contributed by atoms with Gasteiger partial charge in [-0.25, -0.2) is 4.79 Å². The fourth-order valence-electron chi connectivity index (χ4n) is 1.22. The summed E-state index contributed by atoms with van der Waals surface area (Å²) in [6.07, 6.45) is 4.06. The molecule has 0 bridgehead atoms. The number of hydrogen-bond donors (Lipinski definition) is 1. The minimum absolute atomic E-state index is 0.187. The molecule has 0 saturated heterocycles. The van der Waals surface area contributed by atoms with E-state index < -0.39 is 0 Å². The van der Waals surface area contributed by atoms with Gasteiger partial charge in [0.05, 0.1) is 17.9 Å². The number of amides is 1. The Morgan fingerprint density at radius 1 is 1.57 bits per heavy atom. The molecule has 0 spiro atoms. The molecular weight excluding hydrogens is 182 g/mol. The van der Waals surface area contributed by atoms with Crippen molar-refractivity contribution in [3.05, 3.63) is 23.4 Å². The first kappa shape index (κ1) is 10.5. The second-order valence-electron chi connectivity index (χ2n) is 2.90. The van der Waals surface area contributed by atoms with Crippen molar-refractivity contribution in [2.75, 3.05) is 6.61 Å². The van der Waals surface area contributed by atoms with Gasteiger partial charge in [-0.1, -0.05) is 6.08 Å². The number of nitrogens with one attached hydrogen (secondary N) is 1. The maximum Gasteiger partial charge on any atom is 0.336 e. The van der Waals surface area contributed by atoms with Crippen LogP contribution >= 0.6 is 0 Å². The van der Waals surface area contributed by atoms with E-state index in [0.29, 0.717) is 24.3 Å². The predicted molar refractivity (Wildman–Crippen MR) is 51.2 cm³/mol. The largest absolute Gasteiger partial charge is 0.463 e. The Hall–Kier alpha value is -1.58. The molecule has 0 aliphatic heterocycles. The van der Waals surface area contributed by atoms with Crippen LogP contribution in [0.3, 0.4) is 0 Å². The van der Waals surface area contributed by atoms with Crippen LogP contribution in [0, 0.1) is 0 Å². The van der Waals surface area contributed by atoms with E-state index in [1.807, 2.05) is 6.08 Å². The minimum Gasteiger partial charge on any atom is -0.463 e. The number of carbonyl (C=O) groups is 2. The van der Waals surface area contributed by atoms with Crippen molar-refractivity contribution in [2.24, 2.45) is 0 Å². The molecule has 1 N–H and O–H groups in total. The highest BCUT2D eigenvalue weighted by atomic mass is 16.5. The Balaban J connectivity index is 2.75. The van der Waals surface area contributed by atoms with Gasteiger partial charge >= 0.3 is 5.97 Å². The maximum atomic E-state index is 11.4. The summed E-state index contributed by atoms with van der Waals surface area (Å²) >= 11 is 0. The van der Waals surface area contributed by atoms with Crippen LogP contribution < -0.4 is 5.32 Å². The van der Waals surface area contributed by atoms with Gasteiger partial charge in [0.1, 0.15) is 0 Å². The smallest absolute Gasteiger partial charge is 0.336 e. The number of ether oxygens (including phenoxy) is 1. The molecule has 0 aromatic rings. The molecule has 0 atom stereocenters. The van der Waals surface area contributed by atoms with Crippen LogP contribution in [0.2, 0.25) is 0 Å². The third kappa shape index (κ3) is 2.45. The van der Waals surface area contributed by atoms with E-state index in [-0.39, 0.29) is 11.9 Å². The van der Waals surface area contributed by atoms with Gasteiger partial charge in [-0.15, -0.1) is 0 Å². The van der Waals surface area contributed by atoms with Crippen molar-refractivity contribution < 1.29 is 14.3 Å². The quantitative estimate of drug-likeness (QED) is 0.681. The molecule has 1 rings (SSSR count). The van der Waals surface area contributed by atoms with Crippen molar-refractivity contribution in [3.63, 3.8) is 0 Å². The molecule has 0 aromatic heterocycles. The lowest BCUT2D eigenvalue weighted by molar-refractivity contribution is -0.138. The van der Waals surface area contributed by atoms with E-state index in [2.05, 4.69) is 5.32 Å². The number of esters is 1. The highest BCUT2D eigenvalue weighted by Crippen LogP contribution is 2.18. The molecule has 0 radical (unpaired) electrons. The molecule has 0 fully saturated rings. The third-order valence-corrected chi connectivity index (χ3v) is 1.76. The van der Waals surface area contributed by atoms with Crippen molar-refractivity contribution in [3.8, 4) is 0 Å². The molecular formula is C10H13NO3. The molecule has 1 aliphatic rings. The van der Waals surface area contributed by atoms with Crippen LogP contribution in [0.5, 0.6) is 0 Å². The first-order chi connectivity index (χ1) is 6.65. The maximum absolute atomic E-state index is 11.4. The Morgan fingerprint density at radius 2 is 2.29 bits per heavy atom. The standard InChI is InChI=1S/C10H13NO3/c1-3-14-10(13)8-5-4-6-9(8)11-7(2)12/h4,6H,3,5H2,1-2H3,(H,11,12). The molecule has 76 valence electrons. The van der Waals surface area contributed by atoms with E-state index in [1.165, 1.54) is 6.92 Å². The summed E-state index contributed by atoms with van der Waals surface area (Å²) in [4.78, 5) is 22.2. The van der Waals surface area contributed by atoms with Crippen molar-refractivity contribution in [2.45, 2.75) is 20.3 Å². The average molecular weight is 195 g/mol. The minimum atomic E-state index is -0.360. The van der Waals surface area contributed by atoms with Gasteiger partial charge in [0.15, 0.2) is 0 Å². The molecule has 0 saturated carbocycles. The second kappa shape index (κ2) is 4.60. The molecule has 0 aromatic carbocycles. The van der Waals surface area contributed by atoms with Gasteiger partial charge < -0.3 is 10.1 Å². The van der Waals surface area contributed by atoms with Gasteiger partial charge in [0, 0.05) is 6.92 Å². The highest BCUT2D eigenvalue weighted by Gasteiger charge is 2.18. The van der Waals surface area contributed by atoms with Crippen LogP contribution in [-0.2, 0) is 14.3 Å². The number of carbonyl (C=O) groups excluding carboxylic acids is 2. The fraction of sp³-hybridized carbons (Fsp3) is 0.400. The molecule has 0 heterocycles. The lowest BCUT2D eigenvalue weighted by Crippen LogP contribution is -2.21. The predicted octanol–water partition coefficient (Wildman–Crippen LogP) is 0.900. The zero-order chi connectivity index (χ0) is 10.6. The Morgan fingerprint density at radius 3 is 2.86 bits per heavy atom. The average Bonchev–Trinajstić information content (AvgIpc) is 2.51. The summed E-state index contributed by atoms with van der Waals surface area (Å²) in [7, 11) is 0. The van der Waals surface area contributed by atoms with Gasteiger partial charge in [-0.3, -0.25) is 4.79 Å². The van der Waals surface area contributed by atoms with Crippen LogP contribution in [0.25, 0.3) is 0 Å². The lowest BCUT2D eigenvalue weighted by Gasteiger charge is -2.06. The van der Waals surface area contributed by atoms with Crippen LogP contribution in [0.1, 0.15) is 20.3 Å². The summed E-state index contributed by atoms with van der Waals surface area (Å²) in [6.45, 7) is 3.50.